The molecule has 0 aliphatic heterocycles. The molecule has 0 unspecified atom stereocenters. The van der Waals surface area contributed by atoms with E-state index in [1.807, 2.05) is 0 Å². The van der Waals surface area contributed by atoms with Crippen molar-refractivity contribution in [2.75, 3.05) is 0 Å². The van der Waals surface area contributed by atoms with E-state index in [2.05, 4.69) is 10.2 Å². The van der Waals surface area contributed by atoms with Crippen molar-refractivity contribution in [1.29, 1.82) is 10.8 Å². The Hall–Kier alpha value is -1.10. The first-order valence-corrected chi connectivity index (χ1v) is 3.08. The van der Waals surface area contributed by atoms with Crippen LogP contribution in [0.3, 0.4) is 0 Å². The fourth-order valence-corrected chi connectivity index (χ4v) is 0.826. The molecule has 0 amide bonds. The van der Waals surface area contributed by atoms with E-state index in [0.29, 0.717) is 5.01 Å². The Morgan fingerprint density at radius 2 is 2.56 bits per heavy atom. The van der Waals surface area contributed by atoms with E-state index in [-0.39, 0.29) is 5.71 Å². The summed E-state index contributed by atoms with van der Waals surface area (Å²) in [6, 6.07) is 0. The van der Waals surface area contributed by atoms with Crippen molar-refractivity contribution >= 4 is 23.3 Å². The van der Waals surface area contributed by atoms with E-state index in [1.54, 1.807) is 0 Å². The molecule has 0 saturated carbocycles. The molecule has 5 heteroatoms. The van der Waals surface area contributed by atoms with Gasteiger partial charge in [0.25, 0.3) is 0 Å². The standard InChI is InChI=1S/C4H4N4S/c5-1-3(6)4-8-7-2-9-4/h1-2,5-6H. The van der Waals surface area contributed by atoms with Crippen LogP contribution in [0.2, 0.25) is 0 Å². The first-order valence-electron chi connectivity index (χ1n) is 2.20. The number of nitrogens with zero attached hydrogens (tertiary/aromatic N) is 2. The van der Waals surface area contributed by atoms with E-state index in [1.165, 1.54) is 16.8 Å². The number of nitrogens with one attached hydrogen (secondary N) is 2. The molecular weight excluding hydrogens is 136 g/mol. The third kappa shape index (κ3) is 1.17. The molecule has 0 radical (unpaired) electrons. The van der Waals surface area contributed by atoms with Crippen LogP contribution in [0.1, 0.15) is 5.01 Å². The molecule has 0 bridgehead atoms. The van der Waals surface area contributed by atoms with E-state index in [0.717, 1.165) is 6.21 Å². The molecule has 46 valence electrons. The first kappa shape index (κ1) is 6.03. The van der Waals surface area contributed by atoms with Crippen molar-refractivity contribution in [2.45, 2.75) is 0 Å². The van der Waals surface area contributed by atoms with Crippen LogP contribution >= 0.6 is 11.3 Å². The van der Waals surface area contributed by atoms with Gasteiger partial charge in [0.15, 0.2) is 5.01 Å². The molecule has 0 spiro atoms. The molecule has 1 aromatic heterocycles. The van der Waals surface area contributed by atoms with Gasteiger partial charge >= 0.3 is 0 Å². The molecule has 0 aromatic carbocycles. The van der Waals surface area contributed by atoms with E-state index >= 15 is 0 Å². The normalized spacial score (nSPS) is 8.89. The highest BCUT2D eigenvalue weighted by atomic mass is 32.1. The minimum atomic E-state index is 0.109. The van der Waals surface area contributed by atoms with Gasteiger partial charge < -0.3 is 5.41 Å². The average molecular weight is 140 g/mol. The maximum Gasteiger partial charge on any atom is 0.166 e. The Labute approximate surface area is 55.6 Å². The van der Waals surface area contributed by atoms with E-state index in [9.17, 15) is 0 Å². The molecule has 1 heterocycles. The summed E-state index contributed by atoms with van der Waals surface area (Å²) < 4.78 is 0. The van der Waals surface area contributed by atoms with Gasteiger partial charge in [-0.15, -0.1) is 10.2 Å². The van der Waals surface area contributed by atoms with Crippen LogP contribution in [-0.4, -0.2) is 22.1 Å². The molecule has 4 nitrogen and oxygen atoms in total. The number of hydrogen-bond acceptors (Lipinski definition) is 5. The number of aromatic nitrogens is 2. The van der Waals surface area contributed by atoms with Crippen LogP contribution in [0.4, 0.5) is 0 Å². The molecule has 1 rings (SSSR count). The summed E-state index contributed by atoms with van der Waals surface area (Å²) in [6.45, 7) is 0. The summed E-state index contributed by atoms with van der Waals surface area (Å²) in [5.74, 6) is 0. The fourth-order valence-electron chi connectivity index (χ4n) is 0.352. The molecule has 0 aliphatic rings. The Bertz CT molecular complexity index is 214. The zero-order valence-electron chi connectivity index (χ0n) is 4.46. The smallest absolute Gasteiger partial charge is 0.166 e. The Kier molecular flexibility index (Phi) is 1.64. The van der Waals surface area contributed by atoms with Crippen LogP contribution in [0.5, 0.6) is 0 Å². The van der Waals surface area contributed by atoms with Crippen LogP contribution in [0, 0.1) is 10.8 Å². The van der Waals surface area contributed by atoms with Gasteiger partial charge in [0.1, 0.15) is 11.2 Å². The minimum Gasteiger partial charge on any atom is -0.306 e. The average Bonchev–Trinajstić information content (AvgIpc) is 2.37. The van der Waals surface area contributed by atoms with Gasteiger partial charge in [-0.1, -0.05) is 11.3 Å². The highest BCUT2D eigenvalue weighted by Crippen LogP contribution is 1.99. The molecular formula is C4H4N4S. The molecule has 0 fully saturated rings. The molecule has 1 aromatic rings. The molecule has 0 atom stereocenters. The summed E-state index contributed by atoms with van der Waals surface area (Å²) >= 11 is 1.26. The second kappa shape index (κ2) is 2.45. The van der Waals surface area contributed by atoms with Gasteiger partial charge in [0.05, 0.1) is 0 Å². The van der Waals surface area contributed by atoms with Crippen molar-refractivity contribution in [3.05, 3.63) is 10.5 Å². The van der Waals surface area contributed by atoms with Gasteiger partial charge in [-0.2, -0.15) is 0 Å². The summed E-state index contributed by atoms with van der Waals surface area (Å²) in [5, 5.41) is 21.3. The van der Waals surface area contributed by atoms with Crippen LogP contribution in [-0.2, 0) is 0 Å². The largest absolute Gasteiger partial charge is 0.306 e. The summed E-state index contributed by atoms with van der Waals surface area (Å²) in [6.07, 6.45) is 0.945. The topological polar surface area (TPSA) is 73.5 Å². The van der Waals surface area contributed by atoms with Gasteiger partial charge in [-0.25, -0.2) is 0 Å². The van der Waals surface area contributed by atoms with Crippen LogP contribution < -0.4 is 0 Å². The molecule has 0 aliphatic carbocycles. The van der Waals surface area contributed by atoms with Crippen LogP contribution in [0.15, 0.2) is 5.51 Å². The van der Waals surface area contributed by atoms with Gasteiger partial charge in [-0.05, 0) is 0 Å². The van der Waals surface area contributed by atoms with Crippen molar-refractivity contribution < 1.29 is 0 Å². The third-order valence-corrected chi connectivity index (χ3v) is 1.46. The first-order chi connectivity index (χ1) is 4.34. The SMILES string of the molecule is N=CC(=N)c1nncs1. The predicted octanol–water partition coefficient (Wildman–Crippen LogP) is 0.556. The summed E-state index contributed by atoms with van der Waals surface area (Å²) in [4.78, 5) is 0. The molecule has 9 heavy (non-hydrogen) atoms. The maximum atomic E-state index is 7.06. The number of rotatable bonds is 2. The van der Waals surface area contributed by atoms with Crippen molar-refractivity contribution in [2.24, 2.45) is 0 Å². The van der Waals surface area contributed by atoms with Crippen molar-refractivity contribution in [1.82, 2.24) is 10.2 Å². The minimum absolute atomic E-state index is 0.109. The van der Waals surface area contributed by atoms with E-state index in [4.69, 9.17) is 10.8 Å². The lowest BCUT2D eigenvalue weighted by Crippen LogP contribution is -1.97. The summed E-state index contributed by atoms with van der Waals surface area (Å²) in [5.41, 5.74) is 1.64. The van der Waals surface area contributed by atoms with Gasteiger partial charge in [0, 0.05) is 6.21 Å². The Balaban J connectivity index is 2.89. The lowest BCUT2D eigenvalue weighted by molar-refractivity contribution is 1.08. The Morgan fingerprint density at radius 3 is 3.00 bits per heavy atom. The van der Waals surface area contributed by atoms with Crippen molar-refractivity contribution in [3.8, 4) is 0 Å². The van der Waals surface area contributed by atoms with Gasteiger partial charge in [0.2, 0.25) is 0 Å². The zero-order valence-corrected chi connectivity index (χ0v) is 5.27. The third-order valence-electron chi connectivity index (χ3n) is 0.735. The predicted molar refractivity (Wildman–Crippen MR) is 35.5 cm³/mol. The molecule has 2 N–H and O–H groups in total. The monoisotopic (exact) mass is 140 g/mol. The molecule has 0 saturated heterocycles. The van der Waals surface area contributed by atoms with Gasteiger partial charge in [-0.3, -0.25) is 5.41 Å². The highest BCUT2D eigenvalue weighted by Gasteiger charge is 1.98. The fraction of sp³-hybridized carbons (Fsp3) is 0. The lowest BCUT2D eigenvalue weighted by Gasteiger charge is -1.82. The summed E-state index contributed by atoms with van der Waals surface area (Å²) in [7, 11) is 0. The maximum absolute atomic E-state index is 7.06. The Morgan fingerprint density at radius 1 is 1.78 bits per heavy atom. The second-order valence-corrected chi connectivity index (χ2v) is 2.14. The van der Waals surface area contributed by atoms with E-state index < -0.39 is 0 Å². The van der Waals surface area contributed by atoms with Crippen molar-refractivity contribution in [3.63, 3.8) is 0 Å². The second-order valence-electron chi connectivity index (χ2n) is 1.30. The quantitative estimate of drug-likeness (QED) is 0.589. The lowest BCUT2D eigenvalue weighted by atomic mass is 10.4. The zero-order chi connectivity index (χ0) is 6.69. The number of hydrogen-bond donors (Lipinski definition) is 2. The van der Waals surface area contributed by atoms with Crippen LogP contribution in [0.25, 0.3) is 0 Å². The highest BCUT2D eigenvalue weighted by molar-refractivity contribution is 7.12.